The third kappa shape index (κ3) is 2.19. The van der Waals surface area contributed by atoms with E-state index >= 15 is 0 Å². The minimum Gasteiger partial charge on any atom is -0.343 e. The highest BCUT2D eigenvalue weighted by Gasteiger charge is 2.39. The lowest BCUT2D eigenvalue weighted by molar-refractivity contribution is -0.168. The van der Waals surface area contributed by atoms with E-state index in [1.54, 1.807) is 12.1 Å². The molecule has 1 heterocycles. The first-order valence-electron chi connectivity index (χ1n) is 5.11. The lowest BCUT2D eigenvalue weighted by Gasteiger charge is -2.28. The van der Waals surface area contributed by atoms with Gasteiger partial charge in [-0.25, -0.2) is 0 Å². The maximum Gasteiger partial charge on any atom is 0.197 e. The zero-order valence-electron chi connectivity index (χ0n) is 8.71. The van der Waals surface area contributed by atoms with Gasteiger partial charge in [0, 0.05) is 17.0 Å². The predicted octanol–water partition coefficient (Wildman–Crippen LogP) is 2.54. The normalized spacial score (nSPS) is 18.9. The first-order chi connectivity index (χ1) is 7.68. The molecule has 1 aromatic carbocycles. The summed E-state index contributed by atoms with van der Waals surface area (Å²) in [5.74, 6) is -0.795. The molecule has 0 radical (unpaired) electrons. The molecule has 2 N–H and O–H groups in total. The number of rotatable bonds is 3. The fourth-order valence-corrected chi connectivity index (χ4v) is 2.43. The third-order valence-corrected chi connectivity index (χ3v) is 3.12. The van der Waals surface area contributed by atoms with Crippen LogP contribution in [0.1, 0.15) is 12.0 Å². The molecule has 0 bridgehead atoms. The topological polar surface area (TPSA) is 44.5 Å². The van der Waals surface area contributed by atoms with Crippen molar-refractivity contribution < 1.29 is 9.47 Å². The largest absolute Gasteiger partial charge is 0.343 e. The van der Waals surface area contributed by atoms with E-state index in [1.807, 2.05) is 6.07 Å². The van der Waals surface area contributed by atoms with Crippen LogP contribution < -0.4 is 5.73 Å². The Bertz CT molecular complexity index is 378. The third-order valence-electron chi connectivity index (χ3n) is 2.57. The van der Waals surface area contributed by atoms with Crippen molar-refractivity contribution in [2.24, 2.45) is 5.73 Å². The van der Waals surface area contributed by atoms with Crippen molar-refractivity contribution in [3.8, 4) is 0 Å². The highest BCUT2D eigenvalue weighted by Crippen LogP contribution is 2.39. The van der Waals surface area contributed by atoms with Gasteiger partial charge in [0.25, 0.3) is 0 Å². The van der Waals surface area contributed by atoms with E-state index in [0.717, 1.165) is 5.56 Å². The van der Waals surface area contributed by atoms with Crippen molar-refractivity contribution in [1.82, 2.24) is 0 Å². The zero-order chi connectivity index (χ0) is 11.6. The van der Waals surface area contributed by atoms with Crippen LogP contribution in [0.15, 0.2) is 18.2 Å². The van der Waals surface area contributed by atoms with Gasteiger partial charge in [-0.3, -0.25) is 0 Å². The van der Waals surface area contributed by atoms with E-state index in [0.29, 0.717) is 36.2 Å². The van der Waals surface area contributed by atoms with Gasteiger partial charge in [-0.1, -0.05) is 29.3 Å². The van der Waals surface area contributed by atoms with Crippen molar-refractivity contribution >= 4 is 23.2 Å². The summed E-state index contributed by atoms with van der Waals surface area (Å²) in [6, 6.07) is 5.28. The van der Waals surface area contributed by atoms with Gasteiger partial charge in [0.15, 0.2) is 5.79 Å². The molecule has 0 spiro atoms. The standard InChI is InChI=1S/C11H13Cl2NO2/c12-8-1-2-9(10(13)7-8)11(3-4-14)15-5-6-16-11/h1-2,7H,3-6,14H2. The van der Waals surface area contributed by atoms with Crippen LogP contribution in [0.25, 0.3) is 0 Å². The first kappa shape index (κ1) is 12.1. The Morgan fingerprint density at radius 2 is 1.94 bits per heavy atom. The van der Waals surface area contributed by atoms with Crippen LogP contribution >= 0.6 is 23.2 Å². The molecule has 3 nitrogen and oxygen atoms in total. The van der Waals surface area contributed by atoms with E-state index in [1.165, 1.54) is 0 Å². The summed E-state index contributed by atoms with van der Waals surface area (Å²) < 4.78 is 11.3. The van der Waals surface area contributed by atoms with Crippen LogP contribution in [0, 0.1) is 0 Å². The lowest BCUT2D eigenvalue weighted by Crippen LogP contribution is -2.30. The van der Waals surface area contributed by atoms with E-state index in [-0.39, 0.29) is 0 Å². The van der Waals surface area contributed by atoms with Crippen LogP contribution in [0.5, 0.6) is 0 Å². The summed E-state index contributed by atoms with van der Waals surface area (Å²) in [7, 11) is 0. The second-order valence-corrected chi connectivity index (χ2v) is 4.46. The Hall–Kier alpha value is -0.320. The van der Waals surface area contributed by atoms with Gasteiger partial charge in [0.05, 0.1) is 18.2 Å². The van der Waals surface area contributed by atoms with Crippen LogP contribution in [0.4, 0.5) is 0 Å². The van der Waals surface area contributed by atoms with Gasteiger partial charge in [0.1, 0.15) is 0 Å². The molecule has 16 heavy (non-hydrogen) atoms. The van der Waals surface area contributed by atoms with Gasteiger partial charge in [0.2, 0.25) is 0 Å². The van der Waals surface area contributed by atoms with E-state index in [4.69, 9.17) is 38.4 Å². The average Bonchev–Trinajstić information content (AvgIpc) is 2.67. The highest BCUT2D eigenvalue weighted by molar-refractivity contribution is 6.35. The molecule has 2 rings (SSSR count). The summed E-state index contributed by atoms with van der Waals surface area (Å²) >= 11 is 12.0. The minimum atomic E-state index is -0.795. The van der Waals surface area contributed by atoms with Gasteiger partial charge < -0.3 is 15.2 Å². The molecule has 1 aliphatic heterocycles. The van der Waals surface area contributed by atoms with Crippen LogP contribution in [-0.2, 0) is 15.3 Å². The lowest BCUT2D eigenvalue weighted by atomic mass is 10.0. The Balaban J connectivity index is 2.38. The molecule has 0 saturated carbocycles. The van der Waals surface area contributed by atoms with Crippen molar-refractivity contribution in [3.63, 3.8) is 0 Å². The Morgan fingerprint density at radius 1 is 1.25 bits per heavy atom. The summed E-state index contributed by atoms with van der Waals surface area (Å²) in [4.78, 5) is 0. The number of ether oxygens (including phenoxy) is 2. The monoisotopic (exact) mass is 261 g/mol. The minimum absolute atomic E-state index is 0.471. The number of hydrogen-bond donors (Lipinski definition) is 1. The van der Waals surface area contributed by atoms with Gasteiger partial charge in [-0.15, -0.1) is 0 Å². The number of nitrogens with two attached hydrogens (primary N) is 1. The second kappa shape index (κ2) is 4.90. The highest BCUT2D eigenvalue weighted by atomic mass is 35.5. The van der Waals surface area contributed by atoms with Crippen molar-refractivity contribution in [2.45, 2.75) is 12.2 Å². The molecule has 5 heteroatoms. The molecule has 0 unspecified atom stereocenters. The zero-order valence-corrected chi connectivity index (χ0v) is 10.2. The molecular weight excluding hydrogens is 249 g/mol. The van der Waals surface area contributed by atoms with Crippen molar-refractivity contribution in [2.75, 3.05) is 19.8 Å². The SMILES string of the molecule is NCCC1(c2ccc(Cl)cc2Cl)OCCO1. The molecule has 1 aromatic rings. The maximum atomic E-state index is 6.15. The number of benzene rings is 1. The van der Waals surface area contributed by atoms with E-state index in [9.17, 15) is 0 Å². The molecule has 1 fully saturated rings. The predicted molar refractivity (Wildman–Crippen MR) is 63.7 cm³/mol. The molecule has 1 saturated heterocycles. The molecule has 0 aliphatic carbocycles. The Morgan fingerprint density at radius 3 is 2.50 bits per heavy atom. The summed E-state index contributed by atoms with van der Waals surface area (Å²) in [5.41, 5.74) is 6.37. The van der Waals surface area contributed by atoms with Gasteiger partial charge >= 0.3 is 0 Å². The fraction of sp³-hybridized carbons (Fsp3) is 0.455. The van der Waals surface area contributed by atoms with Crippen molar-refractivity contribution in [3.05, 3.63) is 33.8 Å². The van der Waals surface area contributed by atoms with Crippen LogP contribution in [-0.4, -0.2) is 19.8 Å². The Labute approximate surface area is 104 Å². The summed E-state index contributed by atoms with van der Waals surface area (Å²) in [5, 5.41) is 1.14. The average molecular weight is 262 g/mol. The first-order valence-corrected chi connectivity index (χ1v) is 5.87. The summed E-state index contributed by atoms with van der Waals surface area (Å²) in [6.07, 6.45) is 0.578. The number of hydrogen-bond acceptors (Lipinski definition) is 3. The fourth-order valence-electron chi connectivity index (χ4n) is 1.88. The smallest absolute Gasteiger partial charge is 0.197 e. The quantitative estimate of drug-likeness (QED) is 0.910. The molecule has 0 amide bonds. The molecular formula is C11H13Cl2NO2. The second-order valence-electron chi connectivity index (χ2n) is 3.61. The summed E-state index contributed by atoms with van der Waals surface area (Å²) in [6.45, 7) is 1.58. The molecule has 0 atom stereocenters. The van der Waals surface area contributed by atoms with E-state index in [2.05, 4.69) is 0 Å². The maximum absolute atomic E-state index is 6.15. The van der Waals surface area contributed by atoms with Crippen LogP contribution in [0.2, 0.25) is 10.0 Å². The van der Waals surface area contributed by atoms with Crippen LogP contribution in [0.3, 0.4) is 0 Å². The Kier molecular flexibility index (Phi) is 3.72. The molecule has 1 aliphatic rings. The van der Waals surface area contributed by atoms with Gasteiger partial charge in [-0.2, -0.15) is 0 Å². The molecule has 0 aromatic heterocycles. The van der Waals surface area contributed by atoms with Gasteiger partial charge in [-0.05, 0) is 18.7 Å². The number of halogens is 2. The van der Waals surface area contributed by atoms with Crippen molar-refractivity contribution in [1.29, 1.82) is 0 Å². The molecule has 88 valence electrons. The van der Waals surface area contributed by atoms with E-state index < -0.39 is 5.79 Å².